The van der Waals surface area contributed by atoms with Crippen molar-refractivity contribution >= 4 is 0 Å². The molecule has 2 heterocycles. The van der Waals surface area contributed by atoms with Crippen LogP contribution in [0.5, 0.6) is 0 Å². The van der Waals surface area contributed by atoms with Gasteiger partial charge in [0.2, 0.25) is 0 Å². The van der Waals surface area contributed by atoms with Gasteiger partial charge < -0.3 is 5.73 Å². The largest absolute Gasteiger partial charge is 0.326 e. The summed E-state index contributed by atoms with van der Waals surface area (Å²) < 4.78 is 2.03. The van der Waals surface area contributed by atoms with Crippen molar-refractivity contribution < 1.29 is 0 Å². The lowest BCUT2D eigenvalue weighted by Gasteiger charge is -2.22. The van der Waals surface area contributed by atoms with E-state index in [-0.39, 0.29) is 12.1 Å². The van der Waals surface area contributed by atoms with Crippen LogP contribution in [0.3, 0.4) is 0 Å². The van der Waals surface area contributed by atoms with Gasteiger partial charge in [-0.2, -0.15) is 5.10 Å². The van der Waals surface area contributed by atoms with E-state index in [1.54, 1.807) is 6.20 Å². The van der Waals surface area contributed by atoms with Gasteiger partial charge >= 0.3 is 0 Å². The Hall–Kier alpha value is -1.68. The third-order valence-electron chi connectivity index (χ3n) is 3.58. The molecule has 0 radical (unpaired) electrons. The average molecular weight is 258 g/mol. The third kappa shape index (κ3) is 2.54. The zero-order chi connectivity index (χ0) is 14.0. The van der Waals surface area contributed by atoms with Crippen molar-refractivity contribution in [2.45, 2.75) is 46.2 Å². The number of nitrogens with two attached hydrogens (primary N) is 1. The number of hydrogen-bond donors (Lipinski definition) is 1. The minimum absolute atomic E-state index is 0.0137. The molecule has 4 nitrogen and oxygen atoms in total. The second-order valence-corrected chi connectivity index (χ2v) is 5.01. The van der Waals surface area contributed by atoms with Crippen LogP contribution < -0.4 is 5.73 Å². The highest BCUT2D eigenvalue weighted by atomic mass is 15.3. The first-order chi connectivity index (χ1) is 9.06. The van der Waals surface area contributed by atoms with Gasteiger partial charge in [-0.15, -0.1) is 0 Å². The Balaban J connectivity index is 2.52. The fraction of sp³-hybridized carbons (Fsp3) is 0.467. The summed E-state index contributed by atoms with van der Waals surface area (Å²) in [5, 5.41) is 4.68. The maximum Gasteiger partial charge on any atom is 0.109 e. The third-order valence-corrected chi connectivity index (χ3v) is 3.58. The molecule has 2 aromatic heterocycles. The first-order valence-corrected chi connectivity index (χ1v) is 6.77. The Kier molecular flexibility index (Phi) is 4.00. The lowest BCUT2D eigenvalue weighted by molar-refractivity contribution is 0.434. The first kappa shape index (κ1) is 13.7. The fourth-order valence-electron chi connectivity index (χ4n) is 2.65. The Morgan fingerprint density at radius 2 is 2.05 bits per heavy atom. The molecule has 0 saturated carbocycles. The van der Waals surface area contributed by atoms with Gasteiger partial charge in [0.25, 0.3) is 0 Å². The highest BCUT2D eigenvalue weighted by molar-refractivity contribution is 5.26. The van der Waals surface area contributed by atoms with E-state index < -0.39 is 0 Å². The molecule has 0 fully saturated rings. The predicted molar refractivity (Wildman–Crippen MR) is 77.1 cm³/mol. The summed E-state index contributed by atoms with van der Waals surface area (Å²) in [6, 6.07) is 5.86. The van der Waals surface area contributed by atoms with Gasteiger partial charge in [-0.1, -0.05) is 13.0 Å². The van der Waals surface area contributed by atoms with E-state index in [0.717, 1.165) is 17.8 Å². The Labute approximate surface area is 114 Å². The summed E-state index contributed by atoms with van der Waals surface area (Å²) in [6.45, 7) is 8.32. The highest BCUT2D eigenvalue weighted by Crippen LogP contribution is 2.24. The zero-order valence-electron chi connectivity index (χ0n) is 12.1. The van der Waals surface area contributed by atoms with E-state index in [4.69, 9.17) is 5.73 Å². The molecule has 0 aromatic carbocycles. The summed E-state index contributed by atoms with van der Waals surface area (Å²) in [5.41, 5.74) is 10.7. The molecule has 19 heavy (non-hydrogen) atoms. The number of rotatable bonds is 4. The summed E-state index contributed by atoms with van der Waals surface area (Å²) in [6.07, 6.45) is 2.79. The molecule has 2 N–H and O–H groups in total. The van der Waals surface area contributed by atoms with E-state index in [1.807, 2.05) is 29.8 Å². The second kappa shape index (κ2) is 5.53. The molecule has 2 atom stereocenters. The standard InChI is InChI=1S/C15H22N4/c1-5-13-11(3)18-19(12(13)4)15(10(2)16)14-8-6-7-9-17-14/h6-10,15H,5,16H2,1-4H3. The molecule has 0 saturated heterocycles. The maximum absolute atomic E-state index is 6.17. The van der Waals surface area contributed by atoms with E-state index >= 15 is 0 Å². The highest BCUT2D eigenvalue weighted by Gasteiger charge is 2.23. The van der Waals surface area contributed by atoms with Crippen LogP contribution in [0.25, 0.3) is 0 Å². The first-order valence-electron chi connectivity index (χ1n) is 6.77. The maximum atomic E-state index is 6.17. The number of aromatic nitrogens is 3. The van der Waals surface area contributed by atoms with Crippen molar-refractivity contribution in [1.82, 2.24) is 14.8 Å². The molecule has 0 aliphatic carbocycles. The minimum Gasteiger partial charge on any atom is -0.326 e. The van der Waals surface area contributed by atoms with Crippen molar-refractivity contribution in [2.24, 2.45) is 5.73 Å². The zero-order valence-corrected chi connectivity index (χ0v) is 12.1. The van der Waals surface area contributed by atoms with Crippen molar-refractivity contribution in [1.29, 1.82) is 0 Å². The summed E-state index contributed by atoms with van der Waals surface area (Å²) in [7, 11) is 0. The van der Waals surface area contributed by atoms with Gasteiger partial charge in [-0.25, -0.2) is 0 Å². The normalized spacial score (nSPS) is 14.4. The van der Waals surface area contributed by atoms with Gasteiger partial charge in [-0.3, -0.25) is 9.67 Å². The number of aryl methyl sites for hydroxylation is 1. The molecular formula is C15H22N4. The van der Waals surface area contributed by atoms with Gasteiger partial charge in [-0.05, 0) is 44.9 Å². The van der Waals surface area contributed by atoms with Gasteiger partial charge in [0, 0.05) is 17.9 Å². The topological polar surface area (TPSA) is 56.7 Å². The van der Waals surface area contributed by atoms with Crippen LogP contribution in [-0.4, -0.2) is 20.8 Å². The molecule has 102 valence electrons. The van der Waals surface area contributed by atoms with Gasteiger partial charge in [0.1, 0.15) is 6.04 Å². The lowest BCUT2D eigenvalue weighted by Crippen LogP contribution is -2.32. The molecule has 0 bridgehead atoms. The van der Waals surface area contributed by atoms with Crippen LogP contribution in [0.2, 0.25) is 0 Å². The lowest BCUT2D eigenvalue weighted by atomic mass is 10.1. The molecule has 2 unspecified atom stereocenters. The molecule has 0 spiro atoms. The molecule has 2 aromatic rings. The van der Waals surface area contributed by atoms with Crippen molar-refractivity contribution in [3.63, 3.8) is 0 Å². The van der Waals surface area contributed by atoms with Crippen molar-refractivity contribution in [2.75, 3.05) is 0 Å². The fourth-order valence-corrected chi connectivity index (χ4v) is 2.65. The average Bonchev–Trinajstić information content (AvgIpc) is 2.66. The van der Waals surface area contributed by atoms with Crippen molar-refractivity contribution in [3.8, 4) is 0 Å². The van der Waals surface area contributed by atoms with Crippen LogP contribution >= 0.6 is 0 Å². The monoisotopic (exact) mass is 258 g/mol. The second-order valence-electron chi connectivity index (χ2n) is 5.01. The molecule has 0 aliphatic heterocycles. The van der Waals surface area contributed by atoms with Crippen LogP contribution in [0.15, 0.2) is 24.4 Å². The molecule has 0 aliphatic rings. The van der Waals surface area contributed by atoms with E-state index in [0.29, 0.717) is 0 Å². The van der Waals surface area contributed by atoms with Crippen molar-refractivity contribution in [3.05, 3.63) is 47.0 Å². The molecule has 2 rings (SSSR count). The quantitative estimate of drug-likeness (QED) is 0.916. The van der Waals surface area contributed by atoms with Crippen LogP contribution in [0.4, 0.5) is 0 Å². The Bertz CT molecular complexity index is 543. The summed E-state index contributed by atoms with van der Waals surface area (Å²) in [4.78, 5) is 4.44. The van der Waals surface area contributed by atoms with Crippen LogP contribution in [-0.2, 0) is 6.42 Å². The molecule has 4 heteroatoms. The minimum atomic E-state index is -0.0439. The predicted octanol–water partition coefficient (Wildman–Crippen LogP) is 2.39. The van der Waals surface area contributed by atoms with Crippen LogP contribution in [0.1, 0.15) is 42.5 Å². The number of hydrogen-bond acceptors (Lipinski definition) is 3. The van der Waals surface area contributed by atoms with Gasteiger partial charge in [0.05, 0.1) is 11.4 Å². The van der Waals surface area contributed by atoms with Gasteiger partial charge in [0.15, 0.2) is 0 Å². The molecule has 0 amide bonds. The summed E-state index contributed by atoms with van der Waals surface area (Å²) in [5.74, 6) is 0. The smallest absolute Gasteiger partial charge is 0.109 e. The number of pyridine rings is 1. The van der Waals surface area contributed by atoms with E-state index in [2.05, 4.69) is 30.9 Å². The summed E-state index contributed by atoms with van der Waals surface area (Å²) >= 11 is 0. The Morgan fingerprint density at radius 3 is 2.53 bits per heavy atom. The van der Waals surface area contributed by atoms with Crippen LogP contribution in [0, 0.1) is 13.8 Å². The van der Waals surface area contributed by atoms with E-state index in [1.165, 1.54) is 11.3 Å². The number of nitrogens with zero attached hydrogens (tertiary/aromatic N) is 3. The molecular weight excluding hydrogens is 236 g/mol. The Morgan fingerprint density at radius 1 is 1.32 bits per heavy atom. The van der Waals surface area contributed by atoms with E-state index in [9.17, 15) is 0 Å². The SMILES string of the molecule is CCc1c(C)nn(C(c2ccccn2)C(C)N)c1C.